The van der Waals surface area contributed by atoms with Gasteiger partial charge in [-0.3, -0.25) is 4.57 Å². The lowest BCUT2D eigenvalue weighted by atomic mass is 9.89. The molecule has 0 saturated heterocycles. The van der Waals surface area contributed by atoms with Crippen LogP contribution >= 0.6 is 0 Å². The van der Waals surface area contributed by atoms with Gasteiger partial charge in [0.1, 0.15) is 11.4 Å². The standard InChI is InChI=1S/C51H30N2O/c1-2-15-31(16-3-1)32-17-14-18-33(29-32)41-30-45(52-42-26-11-8-21-36(41)42)53-43-27-12-9-24-39(43)48-46-37-22-6-4-19-34(37)35-20-5-7-23-38(35)47(46)49-40-25-10-13-28-44(40)54-51(49)50(48)53/h1-30H. The summed E-state index contributed by atoms with van der Waals surface area (Å²) in [4.78, 5) is 5.46. The molecule has 3 nitrogen and oxygen atoms in total. The van der Waals surface area contributed by atoms with Gasteiger partial charge in [0.05, 0.1) is 16.6 Å². The molecule has 0 aliphatic carbocycles. The fourth-order valence-electron chi connectivity index (χ4n) is 9.08. The molecule has 250 valence electrons. The van der Waals surface area contributed by atoms with Crippen molar-refractivity contribution in [3.63, 3.8) is 0 Å². The molecule has 0 fully saturated rings. The summed E-state index contributed by atoms with van der Waals surface area (Å²) in [6.07, 6.45) is 0. The molecule has 0 saturated carbocycles. The number of hydrogen-bond donors (Lipinski definition) is 0. The molecule has 3 heteroatoms. The average Bonchev–Trinajstić information content (AvgIpc) is 3.80. The molecule has 9 aromatic carbocycles. The van der Waals surface area contributed by atoms with Crippen LogP contribution in [0.15, 0.2) is 186 Å². The van der Waals surface area contributed by atoms with Crippen molar-refractivity contribution in [3.8, 4) is 28.1 Å². The summed E-state index contributed by atoms with van der Waals surface area (Å²) in [6.45, 7) is 0. The van der Waals surface area contributed by atoms with Gasteiger partial charge in [-0.05, 0) is 74.1 Å². The number of rotatable bonds is 3. The molecule has 3 aromatic heterocycles. The summed E-state index contributed by atoms with van der Waals surface area (Å²) in [6, 6.07) is 65.2. The first-order valence-corrected chi connectivity index (χ1v) is 18.5. The number of para-hydroxylation sites is 3. The number of pyridine rings is 1. The molecule has 54 heavy (non-hydrogen) atoms. The summed E-state index contributed by atoms with van der Waals surface area (Å²) in [7, 11) is 0. The number of aromatic nitrogens is 2. The monoisotopic (exact) mass is 686 g/mol. The van der Waals surface area contributed by atoms with Gasteiger partial charge in [0, 0.05) is 37.7 Å². The van der Waals surface area contributed by atoms with Crippen LogP contribution in [0.2, 0.25) is 0 Å². The Balaban J connectivity index is 1.30. The SMILES string of the molecule is c1ccc(-c2cccc(-c3cc(-n4c5ccccc5c5c6c7ccccc7c7ccccc7c6c6c7ccccc7oc6c54)nc4ccccc34)c2)cc1. The zero-order chi connectivity index (χ0) is 35.3. The van der Waals surface area contributed by atoms with E-state index in [-0.39, 0.29) is 0 Å². The zero-order valence-electron chi connectivity index (χ0n) is 29.1. The first kappa shape index (κ1) is 29.4. The summed E-state index contributed by atoms with van der Waals surface area (Å²) in [5.41, 5.74) is 9.47. The van der Waals surface area contributed by atoms with E-state index in [0.717, 1.165) is 60.8 Å². The molecule has 0 N–H and O–H groups in total. The molecule has 0 bridgehead atoms. The predicted molar refractivity (Wildman–Crippen MR) is 227 cm³/mol. The normalized spacial score (nSPS) is 12.1. The van der Waals surface area contributed by atoms with Crippen molar-refractivity contribution in [1.82, 2.24) is 9.55 Å². The third-order valence-corrected chi connectivity index (χ3v) is 11.3. The molecule has 0 spiro atoms. The maximum atomic E-state index is 7.04. The van der Waals surface area contributed by atoms with Crippen LogP contribution in [0.25, 0.3) is 115 Å². The van der Waals surface area contributed by atoms with Crippen LogP contribution in [0.4, 0.5) is 0 Å². The van der Waals surface area contributed by atoms with Gasteiger partial charge in [0.2, 0.25) is 0 Å². The first-order chi connectivity index (χ1) is 26.8. The van der Waals surface area contributed by atoms with Gasteiger partial charge in [-0.2, -0.15) is 0 Å². The molecule has 0 amide bonds. The van der Waals surface area contributed by atoms with Crippen molar-refractivity contribution in [2.75, 3.05) is 0 Å². The molecule has 3 heterocycles. The molecule has 0 aliphatic rings. The van der Waals surface area contributed by atoms with Crippen molar-refractivity contribution in [2.24, 2.45) is 0 Å². The van der Waals surface area contributed by atoms with Crippen LogP contribution in [-0.4, -0.2) is 9.55 Å². The Bertz CT molecular complexity index is 3500. The van der Waals surface area contributed by atoms with Gasteiger partial charge < -0.3 is 4.42 Å². The summed E-state index contributed by atoms with van der Waals surface area (Å²) < 4.78 is 9.40. The highest BCUT2D eigenvalue weighted by Crippen LogP contribution is 2.50. The van der Waals surface area contributed by atoms with E-state index in [1.165, 1.54) is 54.2 Å². The van der Waals surface area contributed by atoms with Gasteiger partial charge in [-0.25, -0.2) is 4.98 Å². The minimum atomic E-state index is 0.853. The molecule has 0 atom stereocenters. The van der Waals surface area contributed by atoms with E-state index >= 15 is 0 Å². The molecule has 12 aromatic rings. The molecule has 0 radical (unpaired) electrons. The predicted octanol–water partition coefficient (Wildman–Crippen LogP) is 14.0. The highest BCUT2D eigenvalue weighted by Gasteiger charge is 2.26. The summed E-state index contributed by atoms with van der Waals surface area (Å²) >= 11 is 0. The molecule has 0 aliphatic heterocycles. The Morgan fingerprint density at radius 1 is 0.389 bits per heavy atom. The fourth-order valence-corrected chi connectivity index (χ4v) is 9.08. The van der Waals surface area contributed by atoms with Crippen molar-refractivity contribution < 1.29 is 4.42 Å². The lowest BCUT2D eigenvalue weighted by molar-refractivity contribution is 0.671. The van der Waals surface area contributed by atoms with Gasteiger partial charge in [-0.15, -0.1) is 0 Å². The number of furan rings is 1. The Morgan fingerprint density at radius 2 is 0.963 bits per heavy atom. The lowest BCUT2D eigenvalue weighted by Crippen LogP contribution is -2.00. The van der Waals surface area contributed by atoms with Crippen LogP contribution in [0.3, 0.4) is 0 Å². The minimum absolute atomic E-state index is 0.853. The lowest BCUT2D eigenvalue weighted by Gasteiger charge is -2.15. The second kappa shape index (κ2) is 11.1. The zero-order valence-corrected chi connectivity index (χ0v) is 29.1. The van der Waals surface area contributed by atoms with Gasteiger partial charge >= 0.3 is 0 Å². The number of nitrogens with zero attached hydrogens (tertiary/aromatic N) is 2. The molecule has 12 rings (SSSR count). The number of hydrogen-bond acceptors (Lipinski definition) is 2. The Labute approximate surface area is 309 Å². The van der Waals surface area contributed by atoms with Crippen LogP contribution in [0, 0.1) is 0 Å². The minimum Gasteiger partial charge on any atom is -0.454 e. The van der Waals surface area contributed by atoms with E-state index in [0.29, 0.717) is 0 Å². The third kappa shape index (κ3) is 4.04. The number of fused-ring (bicyclic) bond motifs is 16. The number of benzene rings is 9. The van der Waals surface area contributed by atoms with E-state index in [1.807, 2.05) is 0 Å². The fraction of sp³-hybridized carbons (Fsp3) is 0. The first-order valence-electron chi connectivity index (χ1n) is 18.5. The van der Waals surface area contributed by atoms with E-state index in [2.05, 4.69) is 187 Å². The third-order valence-electron chi connectivity index (χ3n) is 11.3. The Morgan fingerprint density at radius 3 is 1.74 bits per heavy atom. The Hall–Kier alpha value is -7.23. The highest BCUT2D eigenvalue weighted by atomic mass is 16.3. The molecular weight excluding hydrogens is 657 g/mol. The van der Waals surface area contributed by atoms with E-state index in [9.17, 15) is 0 Å². The highest BCUT2D eigenvalue weighted by molar-refractivity contribution is 6.44. The van der Waals surface area contributed by atoms with Crippen molar-refractivity contribution in [2.45, 2.75) is 0 Å². The van der Waals surface area contributed by atoms with Crippen molar-refractivity contribution in [3.05, 3.63) is 182 Å². The van der Waals surface area contributed by atoms with Gasteiger partial charge in [-0.1, -0.05) is 152 Å². The van der Waals surface area contributed by atoms with Crippen molar-refractivity contribution >= 4 is 87.0 Å². The van der Waals surface area contributed by atoms with Crippen LogP contribution < -0.4 is 0 Å². The topological polar surface area (TPSA) is 31.0 Å². The van der Waals surface area contributed by atoms with Crippen LogP contribution in [0.1, 0.15) is 0 Å². The second-order valence-corrected chi connectivity index (χ2v) is 14.2. The van der Waals surface area contributed by atoms with Crippen molar-refractivity contribution in [1.29, 1.82) is 0 Å². The Kier molecular flexibility index (Phi) is 6.05. The van der Waals surface area contributed by atoms with E-state index < -0.39 is 0 Å². The quantitative estimate of drug-likeness (QED) is 0.173. The maximum Gasteiger partial charge on any atom is 0.160 e. The second-order valence-electron chi connectivity index (χ2n) is 14.2. The average molecular weight is 687 g/mol. The van der Waals surface area contributed by atoms with Crippen LogP contribution in [-0.2, 0) is 0 Å². The largest absolute Gasteiger partial charge is 0.454 e. The smallest absolute Gasteiger partial charge is 0.160 e. The summed E-state index contributed by atoms with van der Waals surface area (Å²) in [5.74, 6) is 0.853. The maximum absolute atomic E-state index is 7.04. The van der Waals surface area contributed by atoms with Crippen LogP contribution in [0.5, 0.6) is 0 Å². The molecular formula is C51H30N2O. The molecule has 0 unspecified atom stereocenters. The van der Waals surface area contributed by atoms with Gasteiger partial charge in [0.25, 0.3) is 0 Å². The summed E-state index contributed by atoms with van der Waals surface area (Å²) in [5, 5.41) is 13.1. The van der Waals surface area contributed by atoms with E-state index in [1.54, 1.807) is 0 Å². The van der Waals surface area contributed by atoms with Gasteiger partial charge in [0.15, 0.2) is 5.58 Å². The van der Waals surface area contributed by atoms with E-state index in [4.69, 9.17) is 9.40 Å².